The van der Waals surface area contributed by atoms with Gasteiger partial charge in [-0.2, -0.15) is 4.37 Å². The Labute approximate surface area is 177 Å². The van der Waals surface area contributed by atoms with Crippen molar-refractivity contribution in [1.29, 1.82) is 0 Å². The first-order valence-electron chi connectivity index (χ1n) is 9.92. The standard InChI is InChI=1S/C20H21N5O4S/c26-20(27-10-6-14-4-5-16-17(11-14)29-13-28-16)25-8-2-1-3-15(25)18-22-19(23-30-18)24-9-7-21-12-24/h4-5,7,9,11-12,15H,1-3,6,8,10,13H2. The molecule has 0 spiro atoms. The molecule has 1 saturated heterocycles. The Bertz CT molecular complexity index is 1020. The highest BCUT2D eigenvalue weighted by molar-refractivity contribution is 7.05. The highest BCUT2D eigenvalue weighted by atomic mass is 32.1. The molecule has 0 radical (unpaired) electrons. The average molecular weight is 427 g/mol. The fourth-order valence-corrected chi connectivity index (χ4v) is 4.49. The molecule has 4 heterocycles. The van der Waals surface area contributed by atoms with Gasteiger partial charge in [0.15, 0.2) is 11.5 Å². The minimum absolute atomic E-state index is 0.105. The third-order valence-corrected chi connectivity index (χ3v) is 6.05. The summed E-state index contributed by atoms with van der Waals surface area (Å²) in [5, 5.41) is 0.825. The summed E-state index contributed by atoms with van der Waals surface area (Å²) in [7, 11) is 0. The van der Waals surface area contributed by atoms with Gasteiger partial charge in [0.05, 0.1) is 12.6 Å². The SMILES string of the molecule is O=C(OCCc1ccc2c(c1)OCO2)N1CCCCC1c1nc(-n2ccnc2)ns1. The minimum atomic E-state index is -0.306. The van der Waals surface area contributed by atoms with E-state index in [1.165, 1.54) is 11.5 Å². The highest BCUT2D eigenvalue weighted by Gasteiger charge is 2.31. The van der Waals surface area contributed by atoms with Crippen LogP contribution in [-0.4, -0.2) is 49.8 Å². The summed E-state index contributed by atoms with van der Waals surface area (Å²) >= 11 is 1.32. The van der Waals surface area contributed by atoms with E-state index >= 15 is 0 Å². The monoisotopic (exact) mass is 427 g/mol. The number of rotatable bonds is 5. The normalized spacial score (nSPS) is 17.9. The predicted molar refractivity (Wildman–Crippen MR) is 108 cm³/mol. The molecule has 2 aliphatic rings. The van der Waals surface area contributed by atoms with Crippen molar-refractivity contribution in [1.82, 2.24) is 23.8 Å². The fourth-order valence-electron chi connectivity index (χ4n) is 3.69. The molecule has 1 fully saturated rings. The number of fused-ring (bicyclic) bond motifs is 1. The van der Waals surface area contributed by atoms with E-state index in [1.807, 2.05) is 18.2 Å². The average Bonchev–Trinajstić information content (AvgIpc) is 3.54. The number of imidazole rings is 1. The van der Waals surface area contributed by atoms with Gasteiger partial charge in [0.1, 0.15) is 11.3 Å². The Morgan fingerprint density at radius 1 is 1.27 bits per heavy atom. The van der Waals surface area contributed by atoms with Gasteiger partial charge in [-0.1, -0.05) is 6.07 Å². The molecule has 5 rings (SSSR count). The van der Waals surface area contributed by atoms with Crippen LogP contribution in [0.25, 0.3) is 5.95 Å². The van der Waals surface area contributed by atoms with Crippen molar-refractivity contribution in [2.24, 2.45) is 0 Å². The summed E-state index contributed by atoms with van der Waals surface area (Å²) in [5.41, 5.74) is 1.04. The van der Waals surface area contributed by atoms with Crippen LogP contribution in [0.4, 0.5) is 4.79 Å². The maximum Gasteiger partial charge on any atom is 0.410 e. The molecular weight excluding hydrogens is 406 g/mol. The lowest BCUT2D eigenvalue weighted by Crippen LogP contribution is -2.39. The first-order valence-corrected chi connectivity index (χ1v) is 10.7. The number of benzene rings is 1. The zero-order valence-corrected chi connectivity index (χ0v) is 17.1. The molecule has 9 nitrogen and oxygen atoms in total. The zero-order valence-electron chi connectivity index (χ0n) is 16.3. The van der Waals surface area contributed by atoms with Crippen molar-refractivity contribution in [2.45, 2.75) is 31.7 Å². The zero-order chi connectivity index (χ0) is 20.3. The Hall–Kier alpha value is -3.14. The van der Waals surface area contributed by atoms with E-state index in [9.17, 15) is 4.79 Å². The van der Waals surface area contributed by atoms with E-state index < -0.39 is 0 Å². The van der Waals surface area contributed by atoms with Crippen molar-refractivity contribution < 1.29 is 19.0 Å². The van der Waals surface area contributed by atoms with Gasteiger partial charge in [-0.3, -0.25) is 9.47 Å². The second-order valence-electron chi connectivity index (χ2n) is 7.16. The van der Waals surface area contributed by atoms with Crippen molar-refractivity contribution in [3.8, 4) is 17.4 Å². The van der Waals surface area contributed by atoms with Gasteiger partial charge >= 0.3 is 6.09 Å². The van der Waals surface area contributed by atoms with E-state index in [0.717, 1.165) is 41.3 Å². The molecule has 1 aromatic carbocycles. The Morgan fingerprint density at radius 3 is 3.10 bits per heavy atom. The van der Waals surface area contributed by atoms with Gasteiger partial charge in [0, 0.05) is 25.4 Å². The highest BCUT2D eigenvalue weighted by Crippen LogP contribution is 2.34. The molecule has 156 valence electrons. The van der Waals surface area contributed by atoms with E-state index in [1.54, 1.807) is 28.2 Å². The number of carbonyl (C=O) groups excluding carboxylic acids is 1. The number of piperidine rings is 1. The molecule has 2 aromatic heterocycles. The lowest BCUT2D eigenvalue weighted by atomic mass is 10.0. The van der Waals surface area contributed by atoms with Gasteiger partial charge in [0.25, 0.3) is 0 Å². The molecule has 3 aromatic rings. The number of amides is 1. The van der Waals surface area contributed by atoms with E-state index in [4.69, 9.17) is 14.2 Å². The Balaban J connectivity index is 1.21. The molecule has 0 saturated carbocycles. The van der Waals surface area contributed by atoms with Crippen molar-refractivity contribution >= 4 is 17.6 Å². The summed E-state index contributed by atoms with van der Waals surface area (Å²) in [6.07, 6.45) is 8.32. The summed E-state index contributed by atoms with van der Waals surface area (Å²) in [6.45, 7) is 1.21. The van der Waals surface area contributed by atoms with Gasteiger partial charge in [0.2, 0.25) is 12.7 Å². The summed E-state index contributed by atoms with van der Waals surface area (Å²) in [5.74, 6) is 2.06. The molecule has 0 aliphatic carbocycles. The second-order valence-corrected chi connectivity index (χ2v) is 7.94. The second kappa shape index (κ2) is 8.31. The number of hydrogen-bond donors (Lipinski definition) is 0. The van der Waals surface area contributed by atoms with Crippen LogP contribution >= 0.6 is 11.5 Å². The third kappa shape index (κ3) is 3.82. The maximum atomic E-state index is 12.8. The van der Waals surface area contributed by atoms with Crippen LogP contribution in [0, 0.1) is 0 Å². The predicted octanol–water partition coefficient (Wildman–Crippen LogP) is 3.36. The van der Waals surface area contributed by atoms with Crippen LogP contribution in [-0.2, 0) is 11.2 Å². The molecule has 1 atom stereocenters. The van der Waals surface area contributed by atoms with Crippen molar-refractivity contribution in [3.05, 3.63) is 47.5 Å². The lowest BCUT2D eigenvalue weighted by molar-refractivity contribution is 0.0736. The number of carbonyl (C=O) groups is 1. The van der Waals surface area contributed by atoms with E-state index in [2.05, 4.69) is 14.3 Å². The van der Waals surface area contributed by atoms with Crippen molar-refractivity contribution in [2.75, 3.05) is 19.9 Å². The van der Waals surface area contributed by atoms with Crippen LogP contribution in [0.3, 0.4) is 0 Å². The van der Waals surface area contributed by atoms with Crippen LogP contribution in [0.5, 0.6) is 11.5 Å². The molecule has 1 amide bonds. The Kier molecular flexibility index (Phi) is 5.22. The number of ether oxygens (including phenoxy) is 3. The first kappa shape index (κ1) is 18.9. The molecule has 0 N–H and O–H groups in total. The summed E-state index contributed by atoms with van der Waals surface area (Å²) in [4.78, 5) is 23.2. The van der Waals surface area contributed by atoms with Gasteiger partial charge in [-0.25, -0.2) is 14.8 Å². The van der Waals surface area contributed by atoms with Crippen molar-refractivity contribution in [3.63, 3.8) is 0 Å². The van der Waals surface area contributed by atoms with E-state index in [-0.39, 0.29) is 18.9 Å². The molecule has 10 heteroatoms. The number of hydrogen-bond acceptors (Lipinski definition) is 8. The molecule has 30 heavy (non-hydrogen) atoms. The van der Waals surface area contributed by atoms with Gasteiger partial charge in [-0.05, 0) is 48.5 Å². The topological polar surface area (TPSA) is 91.6 Å². The number of likely N-dealkylation sites (tertiary alicyclic amines) is 1. The third-order valence-electron chi connectivity index (χ3n) is 5.24. The molecule has 0 bridgehead atoms. The first-order chi connectivity index (χ1) is 14.8. The van der Waals surface area contributed by atoms with Gasteiger partial charge < -0.3 is 14.2 Å². The quantitative estimate of drug-likeness (QED) is 0.616. The molecular formula is C20H21N5O4S. The summed E-state index contributed by atoms with van der Waals surface area (Å²) in [6, 6.07) is 5.67. The summed E-state index contributed by atoms with van der Waals surface area (Å²) < 4.78 is 22.5. The van der Waals surface area contributed by atoms with E-state index in [0.29, 0.717) is 25.5 Å². The smallest absolute Gasteiger partial charge is 0.410 e. The number of aromatic nitrogens is 4. The molecule has 2 aliphatic heterocycles. The van der Waals surface area contributed by atoms with Crippen LogP contribution in [0.1, 0.15) is 35.9 Å². The van der Waals surface area contributed by atoms with Gasteiger partial charge in [-0.15, -0.1) is 0 Å². The fraction of sp³-hybridized carbons (Fsp3) is 0.400. The number of nitrogens with zero attached hydrogens (tertiary/aromatic N) is 5. The molecule has 1 unspecified atom stereocenters. The van der Waals surface area contributed by atoms with Crippen LogP contribution in [0.15, 0.2) is 36.9 Å². The minimum Gasteiger partial charge on any atom is -0.454 e. The Morgan fingerprint density at radius 2 is 2.20 bits per heavy atom. The largest absolute Gasteiger partial charge is 0.454 e. The lowest BCUT2D eigenvalue weighted by Gasteiger charge is -2.33. The van der Waals surface area contributed by atoms with Crippen LogP contribution < -0.4 is 9.47 Å². The maximum absolute atomic E-state index is 12.8. The van der Waals surface area contributed by atoms with Crippen LogP contribution in [0.2, 0.25) is 0 Å².